The summed E-state index contributed by atoms with van der Waals surface area (Å²) in [4.78, 5) is 10.2. The van der Waals surface area contributed by atoms with Gasteiger partial charge in [0.1, 0.15) is 6.35 Å². The number of esters is 1. The van der Waals surface area contributed by atoms with Crippen molar-refractivity contribution in [3.05, 3.63) is 12.7 Å². The van der Waals surface area contributed by atoms with Crippen LogP contribution in [0.4, 0.5) is 0 Å². The molecule has 0 heterocycles. The number of hydrogen-bond acceptors (Lipinski definition) is 2. The topological polar surface area (TPSA) is 26.3 Å². The molecule has 45 valence electrons. The summed E-state index contributed by atoms with van der Waals surface area (Å²) in [7, 11) is 1.06. The molecular weight excluding hydrogens is 123 g/mol. The van der Waals surface area contributed by atoms with Crippen LogP contribution in [0.3, 0.4) is 0 Å². The smallest absolute Gasteiger partial charge is 0.330 e. The van der Waals surface area contributed by atoms with E-state index in [0.29, 0.717) is 6.35 Å². The van der Waals surface area contributed by atoms with Gasteiger partial charge < -0.3 is 4.74 Å². The van der Waals surface area contributed by atoms with Crippen LogP contribution in [0.5, 0.6) is 0 Å². The van der Waals surface area contributed by atoms with Crippen LogP contribution in [0, 0.1) is 0 Å². The van der Waals surface area contributed by atoms with Crippen LogP contribution in [0.1, 0.15) is 0 Å². The summed E-state index contributed by atoms with van der Waals surface area (Å²) in [6.45, 7) is 5.15. The number of carbonyl (C=O) groups is 1. The molecule has 0 aromatic rings. The summed E-state index contributed by atoms with van der Waals surface area (Å²) in [5.41, 5.74) is 0. The van der Waals surface area contributed by atoms with E-state index in [1.807, 2.05) is 6.66 Å². The van der Waals surface area contributed by atoms with Crippen molar-refractivity contribution in [3.8, 4) is 0 Å². The van der Waals surface area contributed by atoms with Gasteiger partial charge in [0, 0.05) is 6.08 Å². The van der Waals surface area contributed by atoms with Gasteiger partial charge in [-0.2, -0.15) is 0 Å². The van der Waals surface area contributed by atoms with Gasteiger partial charge in [-0.05, 0) is 15.2 Å². The second kappa shape index (κ2) is 4.79. The maximum absolute atomic E-state index is 10.2. The molecule has 0 unspecified atom stereocenters. The molecule has 3 heteroatoms. The molecule has 1 radical (unpaired) electrons. The van der Waals surface area contributed by atoms with Gasteiger partial charge in [0.15, 0.2) is 0 Å². The van der Waals surface area contributed by atoms with Gasteiger partial charge in [-0.3, -0.25) is 0 Å². The lowest BCUT2D eigenvalue weighted by Crippen LogP contribution is -1.96. The molecule has 0 amide bonds. The first-order chi connectivity index (χ1) is 3.81. The average molecular weight is 131 g/mol. The standard InChI is InChI=1S/C5H8O2P/c1-3-5(6)7-4-8-2/h3H,1,4H2,2H3. The van der Waals surface area contributed by atoms with E-state index in [4.69, 9.17) is 0 Å². The van der Waals surface area contributed by atoms with Crippen molar-refractivity contribution in [2.75, 3.05) is 13.0 Å². The molecule has 0 N–H and O–H groups in total. The van der Waals surface area contributed by atoms with Crippen molar-refractivity contribution in [2.45, 2.75) is 0 Å². The third kappa shape index (κ3) is 3.82. The fourth-order valence-corrected chi connectivity index (χ4v) is 0.443. The van der Waals surface area contributed by atoms with Crippen LogP contribution >= 0.6 is 8.58 Å². The Labute approximate surface area is 50.7 Å². The summed E-state index contributed by atoms with van der Waals surface area (Å²) in [5.74, 6) is -0.348. The quantitative estimate of drug-likeness (QED) is 0.327. The predicted molar refractivity (Wildman–Crippen MR) is 34.0 cm³/mol. The van der Waals surface area contributed by atoms with Crippen LogP contribution < -0.4 is 0 Å². The molecule has 0 spiro atoms. The van der Waals surface area contributed by atoms with E-state index in [1.165, 1.54) is 0 Å². The molecular formula is C5H8O2P. The zero-order valence-corrected chi connectivity index (χ0v) is 5.65. The maximum Gasteiger partial charge on any atom is 0.330 e. The van der Waals surface area contributed by atoms with Gasteiger partial charge in [0.05, 0.1) is 0 Å². The zero-order chi connectivity index (χ0) is 6.41. The van der Waals surface area contributed by atoms with Crippen molar-refractivity contribution >= 4 is 14.6 Å². The second-order valence-electron chi connectivity index (χ2n) is 1.11. The molecule has 0 aliphatic rings. The molecule has 0 aromatic heterocycles. The van der Waals surface area contributed by atoms with Crippen molar-refractivity contribution in [1.29, 1.82) is 0 Å². The fraction of sp³-hybridized carbons (Fsp3) is 0.400. The first-order valence-electron chi connectivity index (χ1n) is 2.16. The lowest BCUT2D eigenvalue weighted by atomic mass is 10.7. The van der Waals surface area contributed by atoms with Gasteiger partial charge in [-0.25, -0.2) is 4.79 Å². The molecule has 0 atom stereocenters. The Hall–Kier alpha value is -0.360. The summed E-state index contributed by atoms with van der Waals surface area (Å²) in [5, 5.41) is 0. The number of carbonyl (C=O) groups excluding carboxylic acids is 1. The first kappa shape index (κ1) is 7.64. The number of hydrogen-bond donors (Lipinski definition) is 0. The Morgan fingerprint density at radius 3 is 3.00 bits per heavy atom. The van der Waals surface area contributed by atoms with E-state index in [-0.39, 0.29) is 5.97 Å². The van der Waals surface area contributed by atoms with Crippen molar-refractivity contribution in [1.82, 2.24) is 0 Å². The Kier molecular flexibility index (Phi) is 4.58. The SMILES string of the molecule is C=CC(=O)OC[P]C. The molecule has 2 nitrogen and oxygen atoms in total. The zero-order valence-electron chi connectivity index (χ0n) is 4.76. The van der Waals surface area contributed by atoms with Crippen LogP contribution in [0.15, 0.2) is 12.7 Å². The van der Waals surface area contributed by atoms with E-state index in [9.17, 15) is 4.79 Å². The Morgan fingerprint density at radius 1 is 2.00 bits per heavy atom. The first-order valence-corrected chi connectivity index (χ1v) is 3.68. The van der Waals surface area contributed by atoms with E-state index < -0.39 is 0 Å². The van der Waals surface area contributed by atoms with Gasteiger partial charge in [0.2, 0.25) is 0 Å². The van der Waals surface area contributed by atoms with E-state index in [0.717, 1.165) is 14.7 Å². The second-order valence-corrected chi connectivity index (χ2v) is 2.00. The normalized spacial score (nSPS) is 9.62. The fourth-order valence-electron chi connectivity index (χ4n) is 0.187. The maximum atomic E-state index is 10.2. The molecule has 0 fully saturated rings. The van der Waals surface area contributed by atoms with Crippen molar-refractivity contribution in [2.24, 2.45) is 0 Å². The molecule has 0 saturated heterocycles. The lowest BCUT2D eigenvalue weighted by molar-refractivity contribution is -0.135. The molecule has 8 heavy (non-hydrogen) atoms. The monoisotopic (exact) mass is 131 g/mol. The van der Waals surface area contributed by atoms with Crippen LogP contribution in [0.25, 0.3) is 0 Å². The minimum absolute atomic E-state index is 0.348. The van der Waals surface area contributed by atoms with Crippen LogP contribution in [-0.4, -0.2) is 19.0 Å². The molecule has 0 saturated carbocycles. The van der Waals surface area contributed by atoms with Gasteiger partial charge in [0.25, 0.3) is 0 Å². The molecule has 0 aromatic carbocycles. The van der Waals surface area contributed by atoms with E-state index in [1.54, 1.807) is 0 Å². The predicted octanol–water partition coefficient (Wildman–Crippen LogP) is 1.25. The number of ether oxygens (including phenoxy) is 1. The summed E-state index contributed by atoms with van der Waals surface area (Å²) < 4.78 is 4.57. The summed E-state index contributed by atoms with van der Waals surface area (Å²) >= 11 is 0. The molecule has 0 bridgehead atoms. The molecule has 0 aliphatic carbocycles. The van der Waals surface area contributed by atoms with E-state index in [2.05, 4.69) is 11.3 Å². The Morgan fingerprint density at radius 2 is 2.62 bits per heavy atom. The van der Waals surface area contributed by atoms with E-state index >= 15 is 0 Å². The van der Waals surface area contributed by atoms with Gasteiger partial charge in [-0.1, -0.05) is 6.58 Å². The summed E-state index contributed by atoms with van der Waals surface area (Å²) in [6, 6.07) is 0. The average Bonchev–Trinajstić information content (AvgIpc) is 1.83. The largest absolute Gasteiger partial charge is 0.458 e. The Bertz CT molecular complexity index is 90.4. The number of rotatable bonds is 3. The summed E-state index contributed by atoms with van der Waals surface area (Å²) in [6.07, 6.45) is 1.62. The molecule has 0 rings (SSSR count). The van der Waals surface area contributed by atoms with Crippen LogP contribution in [-0.2, 0) is 9.53 Å². The third-order valence-corrected chi connectivity index (χ3v) is 0.890. The minimum Gasteiger partial charge on any atom is -0.458 e. The highest BCUT2D eigenvalue weighted by molar-refractivity contribution is 7.36. The van der Waals surface area contributed by atoms with Crippen molar-refractivity contribution < 1.29 is 9.53 Å². The van der Waals surface area contributed by atoms with Gasteiger partial charge >= 0.3 is 5.97 Å². The highest BCUT2D eigenvalue weighted by Crippen LogP contribution is 2.00. The highest BCUT2D eigenvalue weighted by Gasteiger charge is 1.89. The van der Waals surface area contributed by atoms with Crippen molar-refractivity contribution in [3.63, 3.8) is 0 Å². The third-order valence-electron chi connectivity index (χ3n) is 0.503. The lowest BCUT2D eigenvalue weighted by Gasteiger charge is -1.94. The van der Waals surface area contributed by atoms with Crippen LogP contribution in [0.2, 0.25) is 0 Å². The van der Waals surface area contributed by atoms with Gasteiger partial charge in [-0.15, -0.1) is 0 Å². The Balaban J connectivity index is 3.11. The minimum atomic E-state index is -0.348. The molecule has 0 aliphatic heterocycles. The highest BCUT2D eigenvalue weighted by atomic mass is 31.1.